The molecule has 0 aliphatic rings. The number of aromatic nitrogens is 3. The number of nitrogens with zero attached hydrogens (tertiary/aromatic N) is 3. The summed E-state index contributed by atoms with van der Waals surface area (Å²) in [6, 6.07) is 18.9. The van der Waals surface area contributed by atoms with Gasteiger partial charge in [0.05, 0.1) is 11.6 Å². The van der Waals surface area contributed by atoms with Crippen LogP contribution in [0.3, 0.4) is 0 Å². The highest BCUT2D eigenvalue weighted by Gasteiger charge is 2.16. The van der Waals surface area contributed by atoms with Gasteiger partial charge >= 0.3 is 0 Å². The zero-order valence-electron chi connectivity index (χ0n) is 11.0. The smallest absolute Gasteiger partial charge is 0.113 e. The standard InChI is InChI=1S/C16H17N3/c1-2-8-15(13-9-4-3-5-10-13)19-16-12-7-6-11-14(16)17-18-19/h3-7,9-12,15H,2,8H2,1H3. The van der Waals surface area contributed by atoms with E-state index in [9.17, 15) is 0 Å². The first-order chi connectivity index (χ1) is 9.40. The van der Waals surface area contributed by atoms with Crippen molar-refractivity contribution in [2.45, 2.75) is 25.8 Å². The third-order valence-corrected chi connectivity index (χ3v) is 3.42. The molecule has 0 fully saturated rings. The van der Waals surface area contributed by atoms with Crippen LogP contribution in [0.2, 0.25) is 0 Å². The fourth-order valence-corrected chi connectivity index (χ4v) is 2.50. The van der Waals surface area contributed by atoms with Gasteiger partial charge in [-0.1, -0.05) is 61.0 Å². The van der Waals surface area contributed by atoms with Gasteiger partial charge in [-0.3, -0.25) is 0 Å². The zero-order valence-corrected chi connectivity index (χ0v) is 11.0. The van der Waals surface area contributed by atoms with Crippen LogP contribution in [0.4, 0.5) is 0 Å². The topological polar surface area (TPSA) is 30.7 Å². The second-order valence-electron chi connectivity index (χ2n) is 4.74. The molecule has 19 heavy (non-hydrogen) atoms. The van der Waals surface area contributed by atoms with Crippen molar-refractivity contribution in [3.05, 3.63) is 60.2 Å². The van der Waals surface area contributed by atoms with E-state index >= 15 is 0 Å². The molecule has 1 heterocycles. The maximum absolute atomic E-state index is 4.36. The molecule has 0 N–H and O–H groups in total. The Kier molecular flexibility index (Phi) is 3.27. The Morgan fingerprint density at radius 1 is 1.00 bits per heavy atom. The van der Waals surface area contributed by atoms with Crippen molar-refractivity contribution in [3.63, 3.8) is 0 Å². The largest absolute Gasteiger partial charge is 0.237 e. The molecular formula is C16H17N3. The highest BCUT2D eigenvalue weighted by atomic mass is 15.4. The molecule has 3 aromatic rings. The number of rotatable bonds is 4. The molecule has 0 bridgehead atoms. The lowest BCUT2D eigenvalue weighted by Gasteiger charge is -2.17. The van der Waals surface area contributed by atoms with Gasteiger partial charge in [-0.2, -0.15) is 0 Å². The number of benzene rings is 2. The second kappa shape index (κ2) is 5.22. The predicted octanol–water partition coefficient (Wildman–Crippen LogP) is 3.82. The van der Waals surface area contributed by atoms with E-state index in [2.05, 4.69) is 47.6 Å². The highest BCUT2D eigenvalue weighted by molar-refractivity contribution is 5.74. The Bertz CT molecular complexity index is 658. The second-order valence-corrected chi connectivity index (χ2v) is 4.74. The van der Waals surface area contributed by atoms with Crippen LogP contribution in [0.1, 0.15) is 31.4 Å². The Balaban J connectivity index is 2.10. The Morgan fingerprint density at radius 3 is 2.53 bits per heavy atom. The van der Waals surface area contributed by atoms with E-state index in [0.717, 1.165) is 23.9 Å². The summed E-state index contributed by atoms with van der Waals surface area (Å²) in [4.78, 5) is 0. The Hall–Kier alpha value is -2.16. The average Bonchev–Trinajstić information content (AvgIpc) is 2.89. The molecule has 3 nitrogen and oxygen atoms in total. The normalized spacial score (nSPS) is 12.7. The van der Waals surface area contributed by atoms with Gasteiger partial charge in [0, 0.05) is 0 Å². The molecule has 0 aliphatic heterocycles. The summed E-state index contributed by atoms with van der Waals surface area (Å²) in [6.45, 7) is 2.20. The lowest BCUT2D eigenvalue weighted by atomic mass is 10.0. The third kappa shape index (κ3) is 2.24. The maximum Gasteiger partial charge on any atom is 0.113 e. The number of para-hydroxylation sites is 1. The highest BCUT2D eigenvalue weighted by Crippen LogP contribution is 2.25. The molecule has 0 amide bonds. The van der Waals surface area contributed by atoms with Crippen molar-refractivity contribution in [2.75, 3.05) is 0 Å². The SMILES string of the molecule is CCCC(c1ccccc1)n1nnc2ccccc21. The van der Waals surface area contributed by atoms with Gasteiger partial charge in [0.1, 0.15) is 5.52 Å². The predicted molar refractivity (Wildman–Crippen MR) is 77.0 cm³/mol. The van der Waals surface area contributed by atoms with Crippen LogP contribution in [0.15, 0.2) is 54.6 Å². The molecule has 1 aromatic heterocycles. The molecular weight excluding hydrogens is 234 g/mol. The molecule has 0 aliphatic carbocycles. The Labute approximate surface area is 112 Å². The molecule has 96 valence electrons. The van der Waals surface area contributed by atoms with E-state index in [4.69, 9.17) is 0 Å². The summed E-state index contributed by atoms with van der Waals surface area (Å²) >= 11 is 0. The van der Waals surface area contributed by atoms with E-state index in [0.29, 0.717) is 0 Å². The minimum absolute atomic E-state index is 0.263. The molecule has 0 saturated carbocycles. The van der Waals surface area contributed by atoms with Gasteiger partial charge in [-0.15, -0.1) is 5.10 Å². The summed E-state index contributed by atoms with van der Waals surface area (Å²) in [5.74, 6) is 0. The van der Waals surface area contributed by atoms with Gasteiger partial charge in [0.15, 0.2) is 0 Å². The number of fused-ring (bicyclic) bond motifs is 1. The van der Waals surface area contributed by atoms with Gasteiger partial charge in [0.2, 0.25) is 0 Å². The van der Waals surface area contributed by atoms with Crippen LogP contribution < -0.4 is 0 Å². The first-order valence-electron chi connectivity index (χ1n) is 6.75. The fourth-order valence-electron chi connectivity index (χ4n) is 2.50. The minimum Gasteiger partial charge on any atom is -0.237 e. The van der Waals surface area contributed by atoms with E-state index < -0.39 is 0 Å². The van der Waals surface area contributed by atoms with E-state index in [-0.39, 0.29) is 6.04 Å². The van der Waals surface area contributed by atoms with Gasteiger partial charge in [-0.25, -0.2) is 4.68 Å². The molecule has 2 aromatic carbocycles. The van der Waals surface area contributed by atoms with Crippen molar-refractivity contribution in [1.82, 2.24) is 15.0 Å². The van der Waals surface area contributed by atoms with E-state index in [1.807, 2.05) is 28.9 Å². The number of hydrogen-bond acceptors (Lipinski definition) is 2. The van der Waals surface area contributed by atoms with Crippen molar-refractivity contribution in [3.8, 4) is 0 Å². The summed E-state index contributed by atoms with van der Waals surface area (Å²) < 4.78 is 2.05. The fraction of sp³-hybridized carbons (Fsp3) is 0.250. The van der Waals surface area contributed by atoms with E-state index in [1.54, 1.807) is 0 Å². The Morgan fingerprint density at radius 2 is 1.74 bits per heavy atom. The van der Waals surface area contributed by atoms with Crippen LogP contribution in [0.25, 0.3) is 11.0 Å². The van der Waals surface area contributed by atoms with Crippen LogP contribution in [0, 0.1) is 0 Å². The molecule has 3 heteroatoms. The molecule has 0 spiro atoms. The summed E-state index contributed by atoms with van der Waals surface area (Å²) in [7, 11) is 0. The molecule has 1 atom stereocenters. The van der Waals surface area contributed by atoms with Crippen LogP contribution in [-0.2, 0) is 0 Å². The zero-order chi connectivity index (χ0) is 13.1. The quantitative estimate of drug-likeness (QED) is 0.705. The van der Waals surface area contributed by atoms with Crippen molar-refractivity contribution in [1.29, 1.82) is 0 Å². The lowest BCUT2D eigenvalue weighted by Crippen LogP contribution is -2.12. The third-order valence-electron chi connectivity index (χ3n) is 3.42. The van der Waals surface area contributed by atoms with Crippen molar-refractivity contribution < 1.29 is 0 Å². The molecule has 0 saturated heterocycles. The molecule has 1 unspecified atom stereocenters. The van der Waals surface area contributed by atoms with Crippen LogP contribution in [0.5, 0.6) is 0 Å². The average molecular weight is 251 g/mol. The first-order valence-corrected chi connectivity index (χ1v) is 6.75. The van der Waals surface area contributed by atoms with Crippen LogP contribution >= 0.6 is 0 Å². The van der Waals surface area contributed by atoms with Gasteiger partial charge in [-0.05, 0) is 24.1 Å². The minimum atomic E-state index is 0.263. The van der Waals surface area contributed by atoms with Crippen molar-refractivity contribution >= 4 is 11.0 Å². The van der Waals surface area contributed by atoms with E-state index in [1.165, 1.54) is 5.56 Å². The van der Waals surface area contributed by atoms with Crippen molar-refractivity contribution in [2.24, 2.45) is 0 Å². The molecule has 0 radical (unpaired) electrons. The summed E-state index contributed by atoms with van der Waals surface area (Å²) in [6.07, 6.45) is 2.19. The monoisotopic (exact) mass is 251 g/mol. The van der Waals surface area contributed by atoms with Crippen LogP contribution in [-0.4, -0.2) is 15.0 Å². The molecule has 3 rings (SSSR count). The maximum atomic E-state index is 4.36. The van der Waals surface area contributed by atoms with Gasteiger partial charge in [0.25, 0.3) is 0 Å². The number of hydrogen-bond donors (Lipinski definition) is 0. The van der Waals surface area contributed by atoms with Gasteiger partial charge < -0.3 is 0 Å². The summed E-state index contributed by atoms with van der Waals surface area (Å²) in [5, 5.41) is 8.62. The first kappa shape index (κ1) is 11.9. The summed E-state index contributed by atoms with van der Waals surface area (Å²) in [5.41, 5.74) is 3.35. The lowest BCUT2D eigenvalue weighted by molar-refractivity contribution is 0.484.